The molecule has 2 unspecified atom stereocenters. The van der Waals surface area contributed by atoms with E-state index in [1.165, 1.54) is 77.2 Å². The lowest BCUT2D eigenvalue weighted by Crippen LogP contribution is -2.31. The van der Waals surface area contributed by atoms with Crippen molar-refractivity contribution in [2.75, 3.05) is 0 Å². The monoisotopic (exact) mass is 646 g/mol. The average Bonchev–Trinajstić information content (AvgIpc) is 3.50. The van der Waals surface area contributed by atoms with E-state index in [1.807, 2.05) is 6.07 Å². The molecular weight excluding hydrogens is 605 g/mol. The van der Waals surface area contributed by atoms with E-state index in [1.54, 1.807) is 0 Å². The average molecular weight is 647 g/mol. The van der Waals surface area contributed by atoms with Crippen LogP contribution in [0.4, 0.5) is 0 Å². The van der Waals surface area contributed by atoms with Gasteiger partial charge in [-0.3, -0.25) is 5.32 Å². The first-order chi connectivity index (χ1) is 24.2. The van der Waals surface area contributed by atoms with Gasteiger partial charge in [-0.15, -0.1) is 0 Å². The van der Waals surface area contributed by atoms with Crippen LogP contribution in [0.2, 0.25) is 0 Å². The van der Waals surface area contributed by atoms with Crippen molar-refractivity contribution in [3.05, 3.63) is 185 Å². The number of nitrogens with two attached hydrogens (primary N) is 1. The van der Waals surface area contributed by atoms with E-state index in [0.717, 1.165) is 5.56 Å². The molecule has 244 valence electrons. The van der Waals surface area contributed by atoms with Gasteiger partial charge >= 0.3 is 0 Å². The molecule has 3 N–H and O–H groups in total. The molecule has 0 amide bonds. The molecule has 50 heavy (non-hydrogen) atoms. The predicted octanol–water partition coefficient (Wildman–Crippen LogP) is 11.6. The summed E-state index contributed by atoms with van der Waals surface area (Å²) in [5.41, 5.74) is 21.0. The normalized spacial score (nSPS) is 16.3. The van der Waals surface area contributed by atoms with Crippen LogP contribution in [0.5, 0.6) is 0 Å². The molecule has 0 radical (unpaired) electrons. The van der Waals surface area contributed by atoms with Crippen molar-refractivity contribution in [2.24, 2.45) is 5.73 Å². The van der Waals surface area contributed by atoms with Gasteiger partial charge in [0.05, 0.1) is 12.2 Å². The minimum absolute atomic E-state index is 0.0861. The van der Waals surface area contributed by atoms with Gasteiger partial charge in [0, 0.05) is 10.8 Å². The van der Waals surface area contributed by atoms with Gasteiger partial charge in [-0.2, -0.15) is 0 Å². The second-order valence-electron chi connectivity index (χ2n) is 15.2. The summed E-state index contributed by atoms with van der Waals surface area (Å²) in [6.07, 6.45) is 4.30. The molecular formula is C48H42N2. The Kier molecular flexibility index (Phi) is 7.00. The SMILES string of the molecule is CC1(C)c2cc(C(/C=C/c3cccc4c3-c3cc5ccccc5cc3C4(C)C)NC(N)c3ccccc3)ccc2-c2cc3ccccc3cc21. The first kappa shape index (κ1) is 30.8. The van der Waals surface area contributed by atoms with Gasteiger partial charge < -0.3 is 5.73 Å². The summed E-state index contributed by atoms with van der Waals surface area (Å²) >= 11 is 0. The van der Waals surface area contributed by atoms with E-state index < -0.39 is 0 Å². The standard InChI is InChI=1S/C48H42N2/c1-47(2)40-20-12-19-30(45(40)39-26-33-16-9-11-18-35(33)28-43(39)47)22-24-44(50-46(49)31-13-6-5-7-14-31)36-21-23-37-38-25-32-15-8-10-17-34(32)27-42(38)48(3,4)41(37)29-36/h5-29,44,46,50H,49H2,1-4H3/b24-22+. The third kappa shape index (κ3) is 4.78. The molecule has 0 aromatic heterocycles. The summed E-state index contributed by atoms with van der Waals surface area (Å²) in [6.45, 7) is 9.44. The zero-order valence-electron chi connectivity index (χ0n) is 29.2. The molecule has 2 aliphatic rings. The maximum absolute atomic E-state index is 6.89. The van der Waals surface area contributed by atoms with Crippen LogP contribution in [-0.4, -0.2) is 0 Å². The summed E-state index contributed by atoms with van der Waals surface area (Å²) < 4.78 is 0. The van der Waals surface area contributed by atoms with Crippen LogP contribution < -0.4 is 11.1 Å². The highest BCUT2D eigenvalue weighted by atomic mass is 15.0. The molecule has 2 heteroatoms. The number of hydrogen-bond donors (Lipinski definition) is 2. The molecule has 0 fully saturated rings. The van der Waals surface area contributed by atoms with Gasteiger partial charge in [0.2, 0.25) is 0 Å². The Labute approximate surface area is 295 Å². The largest absolute Gasteiger partial charge is 0.312 e. The Morgan fingerprint density at radius 2 is 1.06 bits per heavy atom. The van der Waals surface area contributed by atoms with Gasteiger partial charge in [-0.05, 0) is 107 Å². The van der Waals surface area contributed by atoms with E-state index in [4.69, 9.17) is 5.73 Å². The Bertz CT molecular complexity index is 2480. The van der Waals surface area contributed by atoms with Gasteiger partial charge in [-0.25, -0.2) is 0 Å². The smallest absolute Gasteiger partial charge is 0.0817 e. The summed E-state index contributed by atoms with van der Waals surface area (Å²) in [5.74, 6) is 0. The molecule has 0 saturated carbocycles. The van der Waals surface area contributed by atoms with Crippen molar-refractivity contribution in [3.63, 3.8) is 0 Å². The van der Waals surface area contributed by atoms with Crippen molar-refractivity contribution in [3.8, 4) is 22.3 Å². The molecule has 7 aromatic rings. The van der Waals surface area contributed by atoms with E-state index in [0.29, 0.717) is 0 Å². The highest BCUT2D eigenvalue weighted by Crippen LogP contribution is 2.52. The molecule has 2 aliphatic carbocycles. The molecule has 0 bridgehead atoms. The summed E-state index contributed by atoms with van der Waals surface area (Å²) in [7, 11) is 0. The van der Waals surface area contributed by atoms with Gasteiger partial charge in [0.15, 0.2) is 0 Å². The van der Waals surface area contributed by atoms with Gasteiger partial charge in [0.25, 0.3) is 0 Å². The minimum atomic E-state index is -0.331. The molecule has 0 spiro atoms. The van der Waals surface area contributed by atoms with Gasteiger partial charge in [0.1, 0.15) is 0 Å². The minimum Gasteiger partial charge on any atom is -0.312 e. The Hall–Kier alpha value is -5.28. The number of hydrogen-bond acceptors (Lipinski definition) is 2. The zero-order valence-corrected chi connectivity index (χ0v) is 29.2. The summed E-state index contributed by atoms with van der Waals surface area (Å²) in [6, 6.07) is 51.0. The first-order valence-corrected chi connectivity index (χ1v) is 17.8. The molecule has 9 rings (SSSR count). The van der Waals surface area contributed by atoms with Crippen LogP contribution in [-0.2, 0) is 10.8 Å². The fourth-order valence-electron chi connectivity index (χ4n) is 8.69. The number of fused-ring (bicyclic) bond motifs is 8. The van der Waals surface area contributed by atoms with Gasteiger partial charge in [-0.1, -0.05) is 155 Å². The predicted molar refractivity (Wildman–Crippen MR) is 211 cm³/mol. The lowest BCUT2D eigenvalue weighted by molar-refractivity contribution is 0.508. The van der Waals surface area contributed by atoms with E-state index >= 15 is 0 Å². The second kappa shape index (κ2) is 11.4. The Morgan fingerprint density at radius 3 is 1.74 bits per heavy atom. The van der Waals surface area contributed by atoms with Crippen LogP contribution in [0, 0.1) is 0 Å². The highest BCUT2D eigenvalue weighted by Gasteiger charge is 2.38. The van der Waals surface area contributed by atoms with Crippen LogP contribution in [0.3, 0.4) is 0 Å². The summed E-state index contributed by atoms with van der Waals surface area (Å²) in [5, 5.41) is 8.94. The first-order valence-electron chi connectivity index (χ1n) is 17.8. The van der Waals surface area contributed by atoms with Crippen molar-refractivity contribution < 1.29 is 0 Å². The molecule has 0 aliphatic heterocycles. The number of benzene rings is 7. The maximum Gasteiger partial charge on any atom is 0.0817 e. The summed E-state index contributed by atoms with van der Waals surface area (Å²) in [4.78, 5) is 0. The van der Waals surface area contributed by atoms with Crippen molar-refractivity contribution in [1.82, 2.24) is 5.32 Å². The topological polar surface area (TPSA) is 38.0 Å². The molecule has 2 nitrogen and oxygen atoms in total. The Balaban J connectivity index is 1.15. The quantitative estimate of drug-likeness (QED) is 0.176. The lowest BCUT2D eigenvalue weighted by Gasteiger charge is -2.25. The van der Waals surface area contributed by atoms with E-state index in [-0.39, 0.29) is 23.0 Å². The Morgan fingerprint density at radius 1 is 0.500 bits per heavy atom. The third-order valence-electron chi connectivity index (χ3n) is 11.5. The molecule has 2 atom stereocenters. The second-order valence-corrected chi connectivity index (χ2v) is 15.2. The van der Waals surface area contributed by atoms with E-state index in [2.05, 4.69) is 179 Å². The fourth-order valence-corrected chi connectivity index (χ4v) is 8.69. The lowest BCUT2D eigenvalue weighted by atomic mass is 9.81. The zero-order chi connectivity index (χ0) is 34.2. The molecule has 7 aromatic carbocycles. The highest BCUT2D eigenvalue weighted by molar-refractivity contribution is 5.96. The van der Waals surface area contributed by atoms with Crippen molar-refractivity contribution in [2.45, 2.75) is 50.7 Å². The van der Waals surface area contributed by atoms with Crippen LogP contribution >= 0.6 is 0 Å². The number of nitrogens with one attached hydrogen (secondary N) is 1. The molecule has 0 heterocycles. The van der Waals surface area contributed by atoms with Crippen molar-refractivity contribution in [1.29, 1.82) is 0 Å². The molecule has 0 saturated heterocycles. The van der Waals surface area contributed by atoms with Crippen LogP contribution in [0.25, 0.3) is 49.9 Å². The van der Waals surface area contributed by atoms with Crippen molar-refractivity contribution >= 4 is 27.6 Å². The fraction of sp³-hybridized carbons (Fsp3) is 0.167. The number of rotatable bonds is 6. The maximum atomic E-state index is 6.89. The third-order valence-corrected chi connectivity index (χ3v) is 11.5. The van der Waals surface area contributed by atoms with Crippen LogP contribution in [0.15, 0.2) is 146 Å². The van der Waals surface area contributed by atoms with Crippen LogP contribution in [0.1, 0.15) is 78.8 Å². The van der Waals surface area contributed by atoms with E-state index in [9.17, 15) is 0 Å².